The van der Waals surface area contributed by atoms with Crippen LogP contribution in [0.1, 0.15) is 18.9 Å². The Morgan fingerprint density at radius 1 is 1.15 bits per heavy atom. The van der Waals surface area contributed by atoms with Gasteiger partial charge in [0.1, 0.15) is 5.75 Å². The number of rotatable bonds is 6. The number of para-hydroxylation sites is 1. The Bertz CT molecular complexity index is 557. The molecule has 2 nitrogen and oxygen atoms in total. The maximum Gasteiger partial charge on any atom is 0.167 e. The monoisotopic (exact) mass is 293 g/mol. The highest BCUT2D eigenvalue weighted by atomic mass is 35.5. The molecule has 0 saturated heterocycles. The second-order valence-corrected chi connectivity index (χ2v) is 4.90. The molecule has 20 heavy (non-hydrogen) atoms. The summed E-state index contributed by atoms with van der Waals surface area (Å²) in [7, 11) is 0. The Labute approximate surface area is 123 Å². The Hall–Kier alpha value is -1.58. The van der Waals surface area contributed by atoms with Gasteiger partial charge in [-0.15, -0.1) is 0 Å². The predicted octanol–water partition coefficient (Wildman–Crippen LogP) is 4.77. The van der Waals surface area contributed by atoms with Crippen LogP contribution in [0.25, 0.3) is 0 Å². The molecule has 0 heterocycles. The zero-order valence-corrected chi connectivity index (χ0v) is 12.1. The van der Waals surface area contributed by atoms with Crippen molar-refractivity contribution in [2.45, 2.75) is 19.9 Å². The molecule has 0 aliphatic rings. The number of hydrogen-bond acceptors (Lipinski definition) is 2. The van der Waals surface area contributed by atoms with Crippen molar-refractivity contribution in [2.24, 2.45) is 0 Å². The Kier molecular flexibility index (Phi) is 5.39. The van der Waals surface area contributed by atoms with E-state index in [1.165, 1.54) is 6.07 Å². The van der Waals surface area contributed by atoms with Gasteiger partial charge in [0.05, 0.1) is 0 Å². The van der Waals surface area contributed by atoms with E-state index in [1.807, 2.05) is 6.07 Å². The molecule has 0 aromatic heterocycles. The minimum Gasteiger partial charge on any atom is -0.454 e. The third kappa shape index (κ3) is 3.95. The Morgan fingerprint density at radius 2 is 1.90 bits per heavy atom. The quantitative estimate of drug-likeness (QED) is 0.775. The van der Waals surface area contributed by atoms with Crippen molar-refractivity contribution in [1.82, 2.24) is 5.32 Å². The summed E-state index contributed by atoms with van der Waals surface area (Å²) in [4.78, 5) is 0. The third-order valence-corrected chi connectivity index (χ3v) is 3.08. The molecule has 1 N–H and O–H groups in total. The molecule has 2 aromatic rings. The van der Waals surface area contributed by atoms with Crippen LogP contribution in [0.4, 0.5) is 4.39 Å². The molecule has 2 rings (SSSR count). The second kappa shape index (κ2) is 7.27. The van der Waals surface area contributed by atoms with Crippen LogP contribution in [-0.4, -0.2) is 6.54 Å². The van der Waals surface area contributed by atoms with E-state index < -0.39 is 0 Å². The normalized spacial score (nSPS) is 10.6. The van der Waals surface area contributed by atoms with E-state index in [0.29, 0.717) is 17.3 Å². The van der Waals surface area contributed by atoms with Crippen molar-refractivity contribution in [2.75, 3.05) is 6.54 Å². The van der Waals surface area contributed by atoms with E-state index in [1.54, 1.807) is 30.3 Å². The highest BCUT2D eigenvalue weighted by Gasteiger charge is 2.10. The van der Waals surface area contributed by atoms with Crippen LogP contribution >= 0.6 is 11.6 Å². The standard InChI is InChI=1S/C16H17ClFNO/c1-2-10-19-11-12-4-3-5-15(18)16(12)20-14-8-6-13(17)7-9-14/h3-9,19H,2,10-11H2,1H3. The number of nitrogens with one attached hydrogen (secondary N) is 1. The third-order valence-electron chi connectivity index (χ3n) is 2.82. The van der Waals surface area contributed by atoms with Crippen LogP contribution in [0.2, 0.25) is 5.02 Å². The zero-order chi connectivity index (χ0) is 14.4. The largest absolute Gasteiger partial charge is 0.454 e. The minimum atomic E-state index is -0.365. The molecule has 0 amide bonds. The van der Waals surface area contributed by atoms with Gasteiger partial charge in [0, 0.05) is 17.1 Å². The van der Waals surface area contributed by atoms with Crippen LogP contribution in [0, 0.1) is 5.82 Å². The van der Waals surface area contributed by atoms with Gasteiger partial charge >= 0.3 is 0 Å². The molecule has 0 spiro atoms. The number of ether oxygens (including phenoxy) is 1. The van der Waals surface area contributed by atoms with Gasteiger partial charge in [-0.2, -0.15) is 0 Å². The summed E-state index contributed by atoms with van der Waals surface area (Å²) in [5.74, 6) is 0.463. The summed E-state index contributed by atoms with van der Waals surface area (Å²) >= 11 is 5.82. The van der Waals surface area contributed by atoms with Crippen molar-refractivity contribution < 1.29 is 9.13 Å². The molecule has 0 bridgehead atoms. The first-order valence-corrected chi connectivity index (χ1v) is 7.00. The van der Waals surface area contributed by atoms with Gasteiger partial charge in [0.25, 0.3) is 0 Å². The smallest absolute Gasteiger partial charge is 0.167 e. The van der Waals surface area contributed by atoms with Crippen LogP contribution < -0.4 is 10.1 Å². The summed E-state index contributed by atoms with van der Waals surface area (Å²) in [6.45, 7) is 3.55. The maximum absolute atomic E-state index is 13.9. The van der Waals surface area contributed by atoms with Crippen molar-refractivity contribution in [3.8, 4) is 11.5 Å². The first kappa shape index (κ1) is 14.8. The van der Waals surface area contributed by atoms with Crippen molar-refractivity contribution >= 4 is 11.6 Å². The van der Waals surface area contributed by atoms with Gasteiger partial charge in [-0.3, -0.25) is 0 Å². The van der Waals surface area contributed by atoms with E-state index in [4.69, 9.17) is 16.3 Å². The minimum absolute atomic E-state index is 0.262. The predicted molar refractivity (Wildman–Crippen MR) is 79.9 cm³/mol. The first-order valence-electron chi connectivity index (χ1n) is 6.62. The zero-order valence-electron chi connectivity index (χ0n) is 11.3. The number of hydrogen-bond donors (Lipinski definition) is 1. The molecule has 0 fully saturated rings. The fraction of sp³-hybridized carbons (Fsp3) is 0.250. The van der Waals surface area contributed by atoms with Crippen molar-refractivity contribution in [3.63, 3.8) is 0 Å². The highest BCUT2D eigenvalue weighted by Crippen LogP contribution is 2.29. The average Bonchev–Trinajstić information content (AvgIpc) is 2.45. The van der Waals surface area contributed by atoms with E-state index in [0.717, 1.165) is 18.5 Å². The summed E-state index contributed by atoms with van der Waals surface area (Å²) in [5, 5.41) is 3.87. The van der Waals surface area contributed by atoms with E-state index in [9.17, 15) is 4.39 Å². The van der Waals surface area contributed by atoms with Crippen LogP contribution in [-0.2, 0) is 6.54 Å². The molecule has 2 aromatic carbocycles. The highest BCUT2D eigenvalue weighted by molar-refractivity contribution is 6.30. The number of benzene rings is 2. The summed E-state index contributed by atoms with van der Waals surface area (Å²) in [6, 6.07) is 11.8. The average molecular weight is 294 g/mol. The molecule has 106 valence electrons. The molecule has 0 aliphatic heterocycles. The van der Waals surface area contributed by atoms with Crippen LogP contribution in [0.3, 0.4) is 0 Å². The van der Waals surface area contributed by atoms with Crippen molar-refractivity contribution in [3.05, 3.63) is 58.9 Å². The van der Waals surface area contributed by atoms with Gasteiger partial charge < -0.3 is 10.1 Å². The fourth-order valence-electron chi connectivity index (χ4n) is 1.83. The molecule has 0 radical (unpaired) electrons. The SMILES string of the molecule is CCCNCc1cccc(F)c1Oc1ccc(Cl)cc1. The van der Waals surface area contributed by atoms with Crippen molar-refractivity contribution in [1.29, 1.82) is 0 Å². The summed E-state index contributed by atoms with van der Waals surface area (Å²) in [6.07, 6.45) is 1.03. The molecule has 0 unspecified atom stereocenters. The van der Waals surface area contributed by atoms with Gasteiger partial charge in [-0.1, -0.05) is 30.7 Å². The van der Waals surface area contributed by atoms with Gasteiger partial charge in [-0.05, 0) is 43.3 Å². The topological polar surface area (TPSA) is 21.3 Å². The molecular weight excluding hydrogens is 277 g/mol. The van der Waals surface area contributed by atoms with Crippen LogP contribution in [0.15, 0.2) is 42.5 Å². The fourth-order valence-corrected chi connectivity index (χ4v) is 1.95. The lowest BCUT2D eigenvalue weighted by Gasteiger charge is -2.12. The van der Waals surface area contributed by atoms with E-state index in [-0.39, 0.29) is 11.6 Å². The van der Waals surface area contributed by atoms with Gasteiger partial charge in [0.15, 0.2) is 11.6 Å². The Morgan fingerprint density at radius 3 is 2.60 bits per heavy atom. The summed E-state index contributed by atoms with van der Waals surface area (Å²) in [5.41, 5.74) is 0.799. The second-order valence-electron chi connectivity index (χ2n) is 4.46. The molecule has 4 heteroatoms. The van der Waals surface area contributed by atoms with E-state index >= 15 is 0 Å². The van der Waals surface area contributed by atoms with Gasteiger partial charge in [0.2, 0.25) is 0 Å². The molecule has 0 atom stereocenters. The lowest BCUT2D eigenvalue weighted by atomic mass is 10.2. The lowest BCUT2D eigenvalue weighted by Crippen LogP contribution is -2.14. The number of halogens is 2. The molecule has 0 saturated carbocycles. The summed E-state index contributed by atoms with van der Waals surface area (Å²) < 4.78 is 19.6. The Balaban J connectivity index is 2.18. The van der Waals surface area contributed by atoms with E-state index in [2.05, 4.69) is 12.2 Å². The van der Waals surface area contributed by atoms with Crippen LogP contribution in [0.5, 0.6) is 11.5 Å². The van der Waals surface area contributed by atoms with Gasteiger partial charge in [-0.25, -0.2) is 4.39 Å². The lowest BCUT2D eigenvalue weighted by molar-refractivity contribution is 0.433. The first-order chi connectivity index (χ1) is 9.70. The molecular formula is C16H17ClFNO. The maximum atomic E-state index is 13.9. The molecule has 0 aliphatic carbocycles.